The van der Waals surface area contributed by atoms with Gasteiger partial charge in [-0.05, 0) is 62.4 Å². The van der Waals surface area contributed by atoms with Gasteiger partial charge in [-0.25, -0.2) is 14.5 Å². The van der Waals surface area contributed by atoms with Gasteiger partial charge in [0.1, 0.15) is 5.82 Å². The Bertz CT molecular complexity index is 1330. The molecule has 4 heterocycles. The summed E-state index contributed by atoms with van der Waals surface area (Å²) in [6, 6.07) is 6.02. The molecule has 0 aromatic carbocycles. The Morgan fingerprint density at radius 2 is 1.97 bits per heavy atom. The zero-order chi connectivity index (χ0) is 24.6. The van der Waals surface area contributed by atoms with Crippen molar-refractivity contribution in [3.8, 4) is 11.3 Å². The Balaban J connectivity index is 1.49. The van der Waals surface area contributed by atoms with Crippen molar-refractivity contribution in [2.45, 2.75) is 46.7 Å². The van der Waals surface area contributed by atoms with Crippen LogP contribution >= 0.6 is 0 Å². The predicted octanol–water partition coefficient (Wildman–Crippen LogP) is 3.99. The molecule has 180 valence electrons. The van der Waals surface area contributed by atoms with Gasteiger partial charge in [-0.15, -0.1) is 5.10 Å². The average Bonchev–Trinajstić information content (AvgIpc) is 3.49. The topological polar surface area (TPSA) is 135 Å². The van der Waals surface area contributed by atoms with Gasteiger partial charge in [0, 0.05) is 40.4 Å². The van der Waals surface area contributed by atoms with E-state index in [1.54, 1.807) is 17.8 Å². The number of nitrogens with zero attached hydrogens (tertiary/aromatic N) is 9. The van der Waals surface area contributed by atoms with Crippen LogP contribution in [0.5, 0.6) is 0 Å². The summed E-state index contributed by atoms with van der Waals surface area (Å²) in [6.07, 6.45) is 4.16. The zero-order valence-electron chi connectivity index (χ0n) is 20.1. The number of azide groups is 1. The predicted molar refractivity (Wildman–Crippen MR) is 129 cm³/mol. The molecule has 3 aromatic rings. The summed E-state index contributed by atoms with van der Waals surface area (Å²) in [5.41, 5.74) is 14.7. The van der Waals surface area contributed by atoms with Crippen molar-refractivity contribution in [3.05, 3.63) is 63.0 Å². The molecular weight excluding hydrogens is 446 g/mol. The van der Waals surface area contributed by atoms with E-state index in [-0.39, 0.29) is 18.8 Å². The monoisotopic (exact) mass is 473 g/mol. The molecule has 2 fully saturated rings. The molecule has 11 heteroatoms. The molecule has 3 aromatic heterocycles. The Labute approximate surface area is 202 Å². The Kier molecular flexibility index (Phi) is 5.86. The van der Waals surface area contributed by atoms with Crippen LogP contribution in [-0.4, -0.2) is 50.6 Å². The van der Waals surface area contributed by atoms with E-state index in [1.165, 1.54) is 12.8 Å². The van der Waals surface area contributed by atoms with E-state index in [0.29, 0.717) is 12.0 Å². The van der Waals surface area contributed by atoms with E-state index in [1.807, 2.05) is 26.0 Å². The lowest BCUT2D eigenvalue weighted by Gasteiger charge is -2.42. The second-order valence-electron chi connectivity index (χ2n) is 9.31. The highest BCUT2D eigenvalue weighted by atomic mass is 16.5. The maximum Gasteiger partial charge on any atom is 0.360 e. The molecule has 2 aliphatic rings. The molecule has 0 bridgehead atoms. The molecule has 35 heavy (non-hydrogen) atoms. The fourth-order valence-corrected chi connectivity index (χ4v) is 4.49. The van der Waals surface area contributed by atoms with Crippen molar-refractivity contribution in [3.63, 3.8) is 0 Å². The molecular formula is C24H27N9O2. The van der Waals surface area contributed by atoms with Gasteiger partial charge in [-0.3, -0.25) is 4.98 Å². The smallest absolute Gasteiger partial charge is 0.360 e. The molecule has 1 saturated carbocycles. The van der Waals surface area contributed by atoms with Gasteiger partial charge in [0.15, 0.2) is 5.69 Å². The number of aromatic nitrogens is 5. The summed E-state index contributed by atoms with van der Waals surface area (Å²) < 4.78 is 6.63. The minimum atomic E-state index is -0.489. The summed E-state index contributed by atoms with van der Waals surface area (Å²) in [5, 5.41) is 11.7. The number of aryl methyl sites for hydroxylation is 2. The maximum absolute atomic E-state index is 12.0. The summed E-state index contributed by atoms with van der Waals surface area (Å²) in [7, 11) is 0. The van der Waals surface area contributed by atoms with Crippen LogP contribution in [0.25, 0.3) is 21.7 Å². The summed E-state index contributed by atoms with van der Waals surface area (Å²) in [4.78, 5) is 27.0. The van der Waals surface area contributed by atoms with Gasteiger partial charge in [0.25, 0.3) is 0 Å². The number of anilines is 1. The molecule has 11 nitrogen and oxygen atoms in total. The molecule has 1 aliphatic carbocycles. The zero-order valence-corrected chi connectivity index (χ0v) is 20.1. The van der Waals surface area contributed by atoms with E-state index in [0.717, 1.165) is 52.7 Å². The molecule has 0 amide bonds. The largest absolute Gasteiger partial charge is 0.461 e. The van der Waals surface area contributed by atoms with Crippen LogP contribution in [-0.2, 0) is 17.8 Å². The lowest BCUT2D eigenvalue weighted by Crippen LogP contribution is -2.49. The van der Waals surface area contributed by atoms with Gasteiger partial charge in [0.2, 0.25) is 0 Å². The van der Waals surface area contributed by atoms with Gasteiger partial charge < -0.3 is 9.64 Å². The molecule has 0 atom stereocenters. The van der Waals surface area contributed by atoms with Crippen LogP contribution in [0.3, 0.4) is 0 Å². The summed E-state index contributed by atoms with van der Waals surface area (Å²) in [6.45, 7) is 8.66. The van der Waals surface area contributed by atoms with Crippen LogP contribution in [0.4, 0.5) is 5.82 Å². The third-order valence-corrected chi connectivity index (χ3v) is 6.74. The van der Waals surface area contributed by atoms with Crippen molar-refractivity contribution < 1.29 is 9.53 Å². The van der Waals surface area contributed by atoms with Crippen molar-refractivity contribution in [2.75, 3.05) is 24.6 Å². The molecule has 1 saturated heterocycles. The Morgan fingerprint density at radius 1 is 1.20 bits per heavy atom. The van der Waals surface area contributed by atoms with Crippen LogP contribution < -0.4 is 4.90 Å². The first-order valence-electron chi connectivity index (χ1n) is 11.7. The number of carbonyl (C=O) groups is 1. The van der Waals surface area contributed by atoms with Crippen molar-refractivity contribution in [2.24, 2.45) is 10.5 Å². The molecule has 5 rings (SSSR count). The first kappa shape index (κ1) is 22.8. The van der Waals surface area contributed by atoms with Gasteiger partial charge in [0.05, 0.1) is 31.6 Å². The molecule has 1 aliphatic heterocycles. The number of carbonyl (C=O) groups excluding carboxylic acids is 1. The molecule has 0 N–H and O–H groups in total. The fraction of sp³-hybridized carbons (Fsp3) is 0.458. The first-order chi connectivity index (χ1) is 16.9. The highest BCUT2D eigenvalue weighted by Crippen LogP contribution is 2.54. The number of hydrogen-bond donors (Lipinski definition) is 0. The van der Waals surface area contributed by atoms with Crippen LogP contribution in [0.1, 0.15) is 52.8 Å². The highest BCUT2D eigenvalue weighted by molar-refractivity contribution is 5.86. The molecule has 1 spiro atoms. The average molecular weight is 474 g/mol. The van der Waals surface area contributed by atoms with Crippen LogP contribution in [0, 0.1) is 19.3 Å². The standard InChI is InChI=1S/C24H27N9O2/c1-4-35-23(34)21-12-33(31-29-21)11-18-9-19(20-6-5-17(10-26-30-25)15(2)27-20)22(28-16(18)3)32-13-24(14-32)7-8-24/h5-6,9,12H,4,7-8,10-11,13-14H2,1-3H3. The van der Waals surface area contributed by atoms with E-state index >= 15 is 0 Å². The SMILES string of the molecule is CCOC(=O)c1cn(Cc2cc(-c3ccc(CN=[N+]=[N-])c(C)n3)c(N3CC4(CC4)C3)nc2C)nn1. The molecule has 0 radical (unpaired) electrons. The van der Waals surface area contributed by atoms with E-state index in [2.05, 4.69) is 31.3 Å². The fourth-order valence-electron chi connectivity index (χ4n) is 4.49. The van der Waals surface area contributed by atoms with Gasteiger partial charge in [-0.2, -0.15) is 0 Å². The minimum absolute atomic E-state index is 0.178. The number of rotatable bonds is 8. The Morgan fingerprint density at radius 3 is 2.66 bits per heavy atom. The van der Waals surface area contributed by atoms with Crippen molar-refractivity contribution in [1.29, 1.82) is 0 Å². The quantitative estimate of drug-likeness (QED) is 0.209. The second kappa shape index (κ2) is 8.99. The Hall–Kier alpha value is -3.98. The van der Waals surface area contributed by atoms with Gasteiger partial charge in [-0.1, -0.05) is 16.4 Å². The number of hydrogen-bond acceptors (Lipinski definition) is 8. The minimum Gasteiger partial charge on any atom is -0.461 e. The lowest BCUT2D eigenvalue weighted by molar-refractivity contribution is 0.0519. The van der Waals surface area contributed by atoms with Crippen molar-refractivity contribution in [1.82, 2.24) is 25.0 Å². The highest BCUT2D eigenvalue weighted by Gasteiger charge is 2.53. The first-order valence-corrected chi connectivity index (χ1v) is 11.7. The number of esters is 1. The van der Waals surface area contributed by atoms with Crippen molar-refractivity contribution >= 4 is 11.8 Å². The second-order valence-corrected chi connectivity index (χ2v) is 9.31. The van der Waals surface area contributed by atoms with Crippen LogP contribution in [0.15, 0.2) is 29.5 Å². The lowest BCUT2D eigenvalue weighted by atomic mass is 9.95. The normalized spacial score (nSPS) is 15.5. The van der Waals surface area contributed by atoms with Gasteiger partial charge >= 0.3 is 5.97 Å². The number of pyridine rings is 2. The molecule has 0 unspecified atom stereocenters. The van der Waals surface area contributed by atoms with Crippen LogP contribution in [0.2, 0.25) is 0 Å². The third-order valence-electron chi connectivity index (χ3n) is 6.74. The summed E-state index contributed by atoms with van der Waals surface area (Å²) in [5.74, 6) is 0.446. The van der Waals surface area contributed by atoms with E-state index in [4.69, 9.17) is 20.2 Å². The van der Waals surface area contributed by atoms with E-state index in [9.17, 15) is 4.79 Å². The van der Waals surface area contributed by atoms with E-state index < -0.39 is 5.97 Å². The summed E-state index contributed by atoms with van der Waals surface area (Å²) >= 11 is 0. The third kappa shape index (κ3) is 4.54. The maximum atomic E-state index is 12.0. The number of ether oxygens (including phenoxy) is 1.